The number of nitrogens with zero attached hydrogens (tertiary/aromatic N) is 2. The first kappa shape index (κ1) is 14.0. The smallest absolute Gasteiger partial charge is 0.139 e. The largest absolute Gasteiger partial charge is 0.381 e. The molecule has 1 N–H and O–H groups in total. The SMILES string of the molecule is CC(C)Nc1cnc(N2CCCC2)c2c(F)cc(F)cc12. The van der Waals surface area contributed by atoms with Crippen LogP contribution in [0.1, 0.15) is 26.7 Å². The first-order chi connectivity index (χ1) is 10.1. The van der Waals surface area contributed by atoms with E-state index in [4.69, 9.17) is 0 Å². The molecule has 3 rings (SSSR count). The van der Waals surface area contributed by atoms with Gasteiger partial charge < -0.3 is 10.2 Å². The second-order valence-corrected chi connectivity index (χ2v) is 5.80. The van der Waals surface area contributed by atoms with Gasteiger partial charge in [-0.3, -0.25) is 0 Å². The average molecular weight is 291 g/mol. The van der Waals surface area contributed by atoms with E-state index in [1.165, 1.54) is 6.07 Å². The molecule has 112 valence electrons. The van der Waals surface area contributed by atoms with E-state index in [-0.39, 0.29) is 6.04 Å². The van der Waals surface area contributed by atoms with Gasteiger partial charge >= 0.3 is 0 Å². The molecule has 1 aliphatic heterocycles. The first-order valence-corrected chi connectivity index (χ1v) is 7.35. The van der Waals surface area contributed by atoms with Gasteiger partial charge in [-0.1, -0.05) is 0 Å². The summed E-state index contributed by atoms with van der Waals surface area (Å²) in [5.74, 6) is -0.494. The Labute approximate surface area is 123 Å². The highest BCUT2D eigenvalue weighted by Gasteiger charge is 2.20. The van der Waals surface area contributed by atoms with Gasteiger partial charge in [0.05, 0.1) is 17.3 Å². The lowest BCUT2D eigenvalue weighted by atomic mass is 10.1. The Kier molecular flexibility index (Phi) is 3.66. The van der Waals surface area contributed by atoms with Gasteiger partial charge in [0.15, 0.2) is 0 Å². The number of nitrogens with one attached hydrogen (secondary N) is 1. The minimum absolute atomic E-state index is 0.166. The van der Waals surface area contributed by atoms with E-state index in [2.05, 4.69) is 15.2 Å². The fourth-order valence-corrected chi connectivity index (χ4v) is 2.87. The standard InChI is InChI=1S/C16H19F2N3/c1-10(2)20-14-9-19-16(21-5-3-4-6-21)15-12(14)7-11(17)8-13(15)18/h7-10,20H,3-6H2,1-2H3. The van der Waals surface area contributed by atoms with Crippen molar-refractivity contribution >= 4 is 22.3 Å². The third kappa shape index (κ3) is 2.64. The van der Waals surface area contributed by atoms with E-state index in [0.717, 1.165) is 32.0 Å². The van der Waals surface area contributed by atoms with E-state index in [9.17, 15) is 8.78 Å². The van der Waals surface area contributed by atoms with Gasteiger partial charge in [-0.25, -0.2) is 13.8 Å². The molecular formula is C16H19F2N3. The van der Waals surface area contributed by atoms with Crippen molar-refractivity contribution in [3.63, 3.8) is 0 Å². The number of fused-ring (bicyclic) bond motifs is 1. The molecule has 0 amide bonds. The van der Waals surface area contributed by atoms with Crippen LogP contribution in [0.5, 0.6) is 0 Å². The van der Waals surface area contributed by atoms with Gasteiger partial charge in [0.2, 0.25) is 0 Å². The van der Waals surface area contributed by atoms with Gasteiger partial charge in [-0.05, 0) is 32.8 Å². The molecule has 0 saturated carbocycles. The number of hydrogen-bond donors (Lipinski definition) is 1. The summed E-state index contributed by atoms with van der Waals surface area (Å²) < 4.78 is 28.0. The maximum Gasteiger partial charge on any atom is 0.139 e. The monoisotopic (exact) mass is 291 g/mol. The Hall–Kier alpha value is -1.91. The van der Waals surface area contributed by atoms with Gasteiger partial charge in [-0.2, -0.15) is 0 Å². The minimum atomic E-state index is -0.564. The van der Waals surface area contributed by atoms with Crippen LogP contribution in [0.15, 0.2) is 18.3 Å². The van der Waals surface area contributed by atoms with Crippen molar-refractivity contribution in [2.75, 3.05) is 23.3 Å². The van der Waals surface area contributed by atoms with Crippen LogP contribution in [0.2, 0.25) is 0 Å². The molecule has 0 atom stereocenters. The Morgan fingerprint density at radius 3 is 2.57 bits per heavy atom. The quantitative estimate of drug-likeness (QED) is 0.928. The number of aromatic nitrogens is 1. The molecule has 3 nitrogen and oxygen atoms in total. The van der Waals surface area contributed by atoms with Crippen molar-refractivity contribution in [2.24, 2.45) is 0 Å². The average Bonchev–Trinajstić information content (AvgIpc) is 2.92. The van der Waals surface area contributed by atoms with Crippen LogP contribution >= 0.6 is 0 Å². The number of rotatable bonds is 3. The summed E-state index contributed by atoms with van der Waals surface area (Å²) in [6.07, 6.45) is 3.84. The summed E-state index contributed by atoms with van der Waals surface area (Å²) in [6.45, 7) is 5.71. The van der Waals surface area contributed by atoms with Gasteiger partial charge in [-0.15, -0.1) is 0 Å². The summed E-state index contributed by atoms with van der Waals surface area (Å²) in [4.78, 5) is 6.51. The predicted molar refractivity (Wildman–Crippen MR) is 81.9 cm³/mol. The Morgan fingerprint density at radius 1 is 1.19 bits per heavy atom. The van der Waals surface area contributed by atoms with Crippen LogP contribution in [-0.4, -0.2) is 24.1 Å². The number of anilines is 2. The molecule has 1 saturated heterocycles. The van der Waals surface area contributed by atoms with Crippen molar-refractivity contribution in [1.82, 2.24) is 4.98 Å². The zero-order valence-corrected chi connectivity index (χ0v) is 12.3. The molecule has 2 heterocycles. The maximum absolute atomic E-state index is 14.3. The third-order valence-electron chi connectivity index (χ3n) is 3.73. The molecule has 1 aromatic heterocycles. The zero-order valence-electron chi connectivity index (χ0n) is 12.3. The van der Waals surface area contributed by atoms with Gasteiger partial charge in [0, 0.05) is 30.6 Å². The molecule has 0 aliphatic carbocycles. The lowest BCUT2D eigenvalue weighted by molar-refractivity contribution is 0.591. The fraction of sp³-hybridized carbons (Fsp3) is 0.438. The van der Waals surface area contributed by atoms with Gasteiger partial charge in [0.1, 0.15) is 17.5 Å². The van der Waals surface area contributed by atoms with Crippen molar-refractivity contribution in [1.29, 1.82) is 0 Å². The van der Waals surface area contributed by atoms with Crippen LogP contribution in [0, 0.1) is 11.6 Å². The molecule has 1 aromatic carbocycles. The summed E-state index contributed by atoms with van der Waals surface area (Å²) >= 11 is 0. The molecule has 1 aliphatic rings. The van der Waals surface area contributed by atoms with Crippen LogP contribution < -0.4 is 10.2 Å². The van der Waals surface area contributed by atoms with Crippen LogP contribution in [0.4, 0.5) is 20.3 Å². The summed E-state index contributed by atoms with van der Waals surface area (Å²) in [5.41, 5.74) is 0.668. The molecule has 0 unspecified atom stereocenters. The normalized spacial score (nSPS) is 15.2. The topological polar surface area (TPSA) is 28.2 Å². The minimum Gasteiger partial charge on any atom is -0.381 e. The highest BCUT2D eigenvalue weighted by Crippen LogP contribution is 2.34. The van der Waals surface area contributed by atoms with E-state index >= 15 is 0 Å². The van der Waals surface area contributed by atoms with Crippen LogP contribution in [-0.2, 0) is 0 Å². The Bertz CT molecular complexity index is 664. The molecule has 0 bridgehead atoms. The second kappa shape index (κ2) is 5.47. The third-order valence-corrected chi connectivity index (χ3v) is 3.73. The molecule has 5 heteroatoms. The number of halogens is 2. The molecule has 0 spiro atoms. The lowest BCUT2D eigenvalue weighted by Crippen LogP contribution is -2.20. The molecule has 0 radical (unpaired) electrons. The predicted octanol–water partition coefficient (Wildman–Crippen LogP) is 3.93. The Balaban J connectivity index is 2.22. The fourth-order valence-electron chi connectivity index (χ4n) is 2.87. The molecular weight excluding hydrogens is 272 g/mol. The first-order valence-electron chi connectivity index (χ1n) is 7.35. The second-order valence-electron chi connectivity index (χ2n) is 5.80. The van der Waals surface area contributed by atoms with Crippen molar-refractivity contribution in [2.45, 2.75) is 32.7 Å². The number of hydrogen-bond acceptors (Lipinski definition) is 3. The Morgan fingerprint density at radius 2 is 1.90 bits per heavy atom. The van der Waals surface area contributed by atoms with E-state index in [1.807, 2.05) is 13.8 Å². The highest BCUT2D eigenvalue weighted by atomic mass is 19.1. The van der Waals surface area contributed by atoms with Gasteiger partial charge in [0.25, 0.3) is 0 Å². The molecule has 1 fully saturated rings. The number of benzene rings is 1. The molecule has 2 aromatic rings. The summed E-state index contributed by atoms with van der Waals surface area (Å²) in [6, 6.07) is 2.48. The van der Waals surface area contributed by atoms with Crippen molar-refractivity contribution in [3.8, 4) is 0 Å². The van der Waals surface area contributed by atoms with Crippen LogP contribution in [0.3, 0.4) is 0 Å². The zero-order chi connectivity index (χ0) is 15.0. The van der Waals surface area contributed by atoms with Crippen molar-refractivity contribution in [3.05, 3.63) is 30.0 Å². The molecule has 21 heavy (non-hydrogen) atoms. The van der Waals surface area contributed by atoms with E-state index in [1.54, 1.807) is 6.20 Å². The summed E-state index contributed by atoms with van der Waals surface area (Å²) in [7, 11) is 0. The lowest BCUT2D eigenvalue weighted by Gasteiger charge is -2.21. The highest BCUT2D eigenvalue weighted by molar-refractivity contribution is 6.00. The van der Waals surface area contributed by atoms with E-state index in [0.29, 0.717) is 22.3 Å². The van der Waals surface area contributed by atoms with Crippen molar-refractivity contribution < 1.29 is 8.78 Å². The van der Waals surface area contributed by atoms with Crippen LogP contribution in [0.25, 0.3) is 10.8 Å². The van der Waals surface area contributed by atoms with E-state index < -0.39 is 11.6 Å². The maximum atomic E-state index is 14.3. The number of pyridine rings is 1. The summed E-state index contributed by atoms with van der Waals surface area (Å²) in [5, 5.41) is 4.17.